The van der Waals surface area contributed by atoms with Gasteiger partial charge < -0.3 is 11.1 Å². The van der Waals surface area contributed by atoms with Crippen molar-refractivity contribution in [2.24, 2.45) is 0 Å². The fourth-order valence-electron chi connectivity index (χ4n) is 1.95. The molecule has 1 heterocycles. The molecule has 3 N–H and O–H groups in total. The van der Waals surface area contributed by atoms with Gasteiger partial charge in [-0.25, -0.2) is 4.98 Å². The third-order valence-electron chi connectivity index (χ3n) is 2.96. The molecule has 0 aliphatic carbocycles. The first kappa shape index (κ1) is 13.1. The molecule has 0 aliphatic heterocycles. The van der Waals surface area contributed by atoms with E-state index in [4.69, 9.17) is 5.73 Å². The van der Waals surface area contributed by atoms with E-state index in [2.05, 4.69) is 10.3 Å². The molecule has 1 atom stereocenters. The van der Waals surface area contributed by atoms with Crippen molar-refractivity contribution < 1.29 is 4.79 Å². The Morgan fingerprint density at radius 2 is 2.00 bits per heavy atom. The number of nitrogens with zero attached hydrogens (tertiary/aromatic N) is 1. The summed E-state index contributed by atoms with van der Waals surface area (Å²) in [6.07, 6.45) is 2.27. The molecule has 1 aromatic carbocycles. The number of hydrogen-bond acceptors (Lipinski definition) is 3. The molecule has 98 valence electrons. The molecule has 1 amide bonds. The highest BCUT2D eigenvalue weighted by Crippen LogP contribution is 2.21. The Kier molecular flexibility index (Phi) is 4.13. The number of amides is 1. The summed E-state index contributed by atoms with van der Waals surface area (Å²) in [5, 5.41) is 2.81. The van der Waals surface area contributed by atoms with Crippen molar-refractivity contribution in [3.63, 3.8) is 0 Å². The molecular weight excluding hydrogens is 238 g/mol. The number of carbonyl (C=O) groups is 1. The monoisotopic (exact) mass is 255 g/mol. The van der Waals surface area contributed by atoms with Gasteiger partial charge in [0.05, 0.1) is 17.8 Å². The topological polar surface area (TPSA) is 68.0 Å². The number of aromatic nitrogens is 1. The maximum atomic E-state index is 12.2. The van der Waals surface area contributed by atoms with Crippen LogP contribution < -0.4 is 11.1 Å². The molecule has 0 radical (unpaired) electrons. The van der Waals surface area contributed by atoms with Crippen molar-refractivity contribution in [1.82, 2.24) is 4.98 Å². The molecule has 19 heavy (non-hydrogen) atoms. The lowest BCUT2D eigenvalue weighted by Gasteiger charge is -2.15. The van der Waals surface area contributed by atoms with Gasteiger partial charge >= 0.3 is 0 Å². The largest absolute Gasteiger partial charge is 0.397 e. The van der Waals surface area contributed by atoms with E-state index < -0.39 is 0 Å². The number of carbonyl (C=O) groups excluding carboxylic acids is 1. The second-order valence-electron chi connectivity index (χ2n) is 4.34. The number of rotatable bonds is 4. The molecule has 0 saturated heterocycles. The number of benzene rings is 1. The first-order valence-electron chi connectivity index (χ1n) is 6.28. The van der Waals surface area contributed by atoms with Crippen molar-refractivity contribution in [3.05, 3.63) is 54.2 Å². The predicted molar refractivity (Wildman–Crippen MR) is 76.8 cm³/mol. The molecule has 4 nitrogen and oxygen atoms in total. The van der Waals surface area contributed by atoms with E-state index in [1.165, 1.54) is 6.20 Å². The van der Waals surface area contributed by atoms with Gasteiger partial charge in [0.25, 0.3) is 0 Å². The maximum Gasteiger partial charge on any atom is 0.233 e. The van der Waals surface area contributed by atoms with Crippen LogP contribution in [0.15, 0.2) is 48.7 Å². The third-order valence-corrected chi connectivity index (χ3v) is 2.96. The lowest BCUT2D eigenvalue weighted by atomic mass is 9.96. The molecule has 1 unspecified atom stereocenters. The van der Waals surface area contributed by atoms with Gasteiger partial charge in [0.1, 0.15) is 5.82 Å². The fraction of sp³-hybridized carbons (Fsp3) is 0.200. The van der Waals surface area contributed by atoms with Crippen LogP contribution in [0, 0.1) is 0 Å². The molecule has 4 heteroatoms. The van der Waals surface area contributed by atoms with Gasteiger partial charge in [-0.05, 0) is 24.1 Å². The first-order valence-corrected chi connectivity index (χ1v) is 6.28. The zero-order chi connectivity index (χ0) is 13.7. The summed E-state index contributed by atoms with van der Waals surface area (Å²) < 4.78 is 0. The molecule has 0 aliphatic rings. The van der Waals surface area contributed by atoms with E-state index >= 15 is 0 Å². The molecule has 0 fully saturated rings. The molecule has 2 aromatic rings. The Balaban J connectivity index is 2.11. The minimum absolute atomic E-state index is 0.0500. The van der Waals surface area contributed by atoms with Crippen LogP contribution in [0.25, 0.3) is 0 Å². The van der Waals surface area contributed by atoms with Gasteiger partial charge in [0, 0.05) is 0 Å². The van der Waals surface area contributed by atoms with E-state index in [0.717, 1.165) is 12.0 Å². The van der Waals surface area contributed by atoms with Gasteiger partial charge in [-0.15, -0.1) is 0 Å². The molecule has 0 spiro atoms. The standard InChI is InChI=1S/C15H17N3O/c1-2-13(11-6-4-3-5-7-11)15(19)18-14-9-8-12(16)10-17-14/h3-10,13H,2,16H2,1H3,(H,17,18,19). The fourth-order valence-corrected chi connectivity index (χ4v) is 1.95. The summed E-state index contributed by atoms with van der Waals surface area (Å²) in [5.41, 5.74) is 7.15. The van der Waals surface area contributed by atoms with Crippen LogP contribution in [0.3, 0.4) is 0 Å². The molecule has 0 bridgehead atoms. The van der Waals surface area contributed by atoms with Crippen molar-refractivity contribution in [2.45, 2.75) is 19.3 Å². The second-order valence-corrected chi connectivity index (χ2v) is 4.34. The minimum Gasteiger partial charge on any atom is -0.397 e. The molecule has 2 rings (SSSR count). The van der Waals surface area contributed by atoms with Gasteiger partial charge in [-0.1, -0.05) is 37.3 Å². The van der Waals surface area contributed by atoms with E-state index in [-0.39, 0.29) is 11.8 Å². The van der Waals surface area contributed by atoms with Crippen LogP contribution in [0.1, 0.15) is 24.8 Å². The summed E-state index contributed by atoms with van der Waals surface area (Å²) in [6, 6.07) is 13.2. The Labute approximate surface area is 112 Å². The average molecular weight is 255 g/mol. The Hall–Kier alpha value is -2.36. The van der Waals surface area contributed by atoms with E-state index in [9.17, 15) is 4.79 Å². The quantitative estimate of drug-likeness (QED) is 0.882. The van der Waals surface area contributed by atoms with Crippen molar-refractivity contribution in [2.75, 3.05) is 11.1 Å². The maximum absolute atomic E-state index is 12.2. The van der Waals surface area contributed by atoms with E-state index in [1.807, 2.05) is 37.3 Å². The van der Waals surface area contributed by atoms with Crippen LogP contribution in [0.4, 0.5) is 11.5 Å². The Morgan fingerprint density at radius 1 is 1.26 bits per heavy atom. The first-order chi connectivity index (χ1) is 9.20. The summed E-state index contributed by atoms with van der Waals surface area (Å²) in [4.78, 5) is 16.3. The lowest BCUT2D eigenvalue weighted by Crippen LogP contribution is -2.21. The lowest BCUT2D eigenvalue weighted by molar-refractivity contribution is -0.117. The Bertz CT molecular complexity index is 537. The normalized spacial score (nSPS) is 11.8. The van der Waals surface area contributed by atoms with Crippen molar-refractivity contribution >= 4 is 17.4 Å². The summed E-state index contributed by atoms with van der Waals surface area (Å²) >= 11 is 0. The summed E-state index contributed by atoms with van der Waals surface area (Å²) in [7, 11) is 0. The Morgan fingerprint density at radius 3 is 2.58 bits per heavy atom. The van der Waals surface area contributed by atoms with Crippen LogP contribution in [0.2, 0.25) is 0 Å². The number of hydrogen-bond donors (Lipinski definition) is 2. The zero-order valence-corrected chi connectivity index (χ0v) is 10.8. The third kappa shape index (κ3) is 3.31. The van der Waals surface area contributed by atoms with Crippen LogP contribution in [-0.2, 0) is 4.79 Å². The van der Waals surface area contributed by atoms with E-state index in [0.29, 0.717) is 11.5 Å². The van der Waals surface area contributed by atoms with Crippen LogP contribution in [-0.4, -0.2) is 10.9 Å². The number of nitrogens with one attached hydrogen (secondary N) is 1. The van der Waals surface area contributed by atoms with Crippen molar-refractivity contribution in [1.29, 1.82) is 0 Å². The van der Waals surface area contributed by atoms with Crippen LogP contribution >= 0.6 is 0 Å². The highest BCUT2D eigenvalue weighted by atomic mass is 16.1. The summed E-state index contributed by atoms with van der Waals surface area (Å²) in [6.45, 7) is 1.99. The smallest absolute Gasteiger partial charge is 0.233 e. The number of anilines is 2. The SMILES string of the molecule is CCC(C(=O)Nc1ccc(N)cn1)c1ccccc1. The molecule has 0 saturated carbocycles. The number of pyridine rings is 1. The second kappa shape index (κ2) is 6.00. The summed E-state index contributed by atoms with van der Waals surface area (Å²) in [5.74, 6) is 0.306. The molecule has 1 aromatic heterocycles. The highest BCUT2D eigenvalue weighted by Gasteiger charge is 2.18. The minimum atomic E-state index is -0.166. The van der Waals surface area contributed by atoms with Gasteiger partial charge in [0.15, 0.2) is 0 Å². The van der Waals surface area contributed by atoms with Gasteiger partial charge in [0.2, 0.25) is 5.91 Å². The van der Waals surface area contributed by atoms with Crippen molar-refractivity contribution in [3.8, 4) is 0 Å². The van der Waals surface area contributed by atoms with E-state index in [1.54, 1.807) is 12.1 Å². The predicted octanol–water partition coefficient (Wildman–Crippen LogP) is 2.80. The van der Waals surface area contributed by atoms with Gasteiger partial charge in [-0.3, -0.25) is 4.79 Å². The molecular formula is C15H17N3O. The highest BCUT2D eigenvalue weighted by molar-refractivity contribution is 5.95. The number of nitrogens with two attached hydrogens (primary N) is 1. The number of nitrogen functional groups attached to an aromatic ring is 1. The van der Waals surface area contributed by atoms with Gasteiger partial charge in [-0.2, -0.15) is 0 Å². The zero-order valence-electron chi connectivity index (χ0n) is 10.8. The average Bonchev–Trinajstić information content (AvgIpc) is 2.43. The van der Waals surface area contributed by atoms with Crippen LogP contribution in [0.5, 0.6) is 0 Å².